The number of hydrogen-bond donors (Lipinski definition) is 1. The van der Waals surface area contributed by atoms with Gasteiger partial charge in [0.25, 0.3) is 5.91 Å². The SMILES string of the molecule is COc1ccc(NC(=O)C(C#N)(c2ccccc2)c2ccc(OC)cc2)cc1. The topological polar surface area (TPSA) is 71.3 Å². The van der Waals surface area contributed by atoms with Crippen LogP contribution in [0, 0.1) is 11.3 Å². The third-order valence-electron chi connectivity index (χ3n) is 4.59. The smallest absolute Gasteiger partial charge is 0.254 e. The van der Waals surface area contributed by atoms with Gasteiger partial charge in [0, 0.05) is 5.69 Å². The first-order valence-electron chi connectivity index (χ1n) is 8.71. The molecule has 0 aliphatic rings. The maximum Gasteiger partial charge on any atom is 0.254 e. The van der Waals surface area contributed by atoms with Crippen LogP contribution in [0.3, 0.4) is 0 Å². The average molecular weight is 372 g/mol. The minimum absolute atomic E-state index is 0.434. The molecule has 0 fully saturated rings. The molecule has 1 atom stereocenters. The monoisotopic (exact) mass is 372 g/mol. The lowest BCUT2D eigenvalue weighted by atomic mass is 9.74. The number of nitrogens with zero attached hydrogens (tertiary/aromatic N) is 1. The van der Waals surface area contributed by atoms with E-state index in [1.54, 1.807) is 74.9 Å². The van der Waals surface area contributed by atoms with Crippen LogP contribution < -0.4 is 14.8 Å². The van der Waals surface area contributed by atoms with Gasteiger partial charge in [-0.25, -0.2) is 0 Å². The number of nitriles is 1. The molecule has 0 saturated heterocycles. The number of carbonyl (C=O) groups excluding carboxylic acids is 1. The summed E-state index contributed by atoms with van der Waals surface area (Å²) in [5, 5.41) is 13.0. The molecule has 0 radical (unpaired) electrons. The fourth-order valence-corrected chi connectivity index (χ4v) is 3.04. The Hall–Kier alpha value is -3.78. The lowest BCUT2D eigenvalue weighted by Gasteiger charge is -2.27. The normalized spacial score (nSPS) is 12.3. The molecule has 1 N–H and O–H groups in total. The number of ether oxygens (including phenoxy) is 2. The molecular formula is C23H20N2O3. The van der Waals surface area contributed by atoms with Crippen molar-refractivity contribution in [3.05, 3.63) is 90.0 Å². The van der Waals surface area contributed by atoms with Gasteiger partial charge in [0.05, 0.1) is 20.3 Å². The average Bonchev–Trinajstić information content (AvgIpc) is 2.76. The van der Waals surface area contributed by atoms with Crippen LogP contribution in [0.5, 0.6) is 11.5 Å². The summed E-state index contributed by atoms with van der Waals surface area (Å²) in [7, 11) is 3.15. The Bertz CT molecular complexity index is 977. The summed E-state index contributed by atoms with van der Waals surface area (Å²) in [6, 6.07) is 25.2. The number of carbonyl (C=O) groups is 1. The van der Waals surface area contributed by atoms with Gasteiger partial charge in [-0.2, -0.15) is 5.26 Å². The molecule has 0 spiro atoms. The van der Waals surface area contributed by atoms with E-state index in [4.69, 9.17) is 9.47 Å². The molecule has 0 aliphatic heterocycles. The van der Waals surface area contributed by atoms with Crippen LogP contribution in [0.1, 0.15) is 11.1 Å². The predicted octanol–water partition coefficient (Wildman–Crippen LogP) is 4.15. The lowest BCUT2D eigenvalue weighted by molar-refractivity contribution is -0.118. The predicted molar refractivity (Wildman–Crippen MR) is 107 cm³/mol. The van der Waals surface area contributed by atoms with Crippen LogP contribution in [0.2, 0.25) is 0 Å². The molecular weight excluding hydrogens is 352 g/mol. The Morgan fingerprint density at radius 3 is 1.82 bits per heavy atom. The molecule has 0 aromatic heterocycles. The molecule has 0 saturated carbocycles. The van der Waals surface area contributed by atoms with Gasteiger partial charge >= 0.3 is 0 Å². The molecule has 1 amide bonds. The summed E-state index contributed by atoms with van der Waals surface area (Å²) in [6.07, 6.45) is 0. The molecule has 140 valence electrons. The standard InChI is InChI=1S/C23H20N2O3/c1-27-20-12-8-18(9-13-20)23(16-24,17-6-4-3-5-7-17)22(26)25-19-10-14-21(28-2)15-11-19/h3-15H,1-2H3,(H,25,26). The molecule has 0 aliphatic carbocycles. The minimum atomic E-state index is -1.51. The van der Waals surface area contributed by atoms with E-state index in [2.05, 4.69) is 11.4 Å². The molecule has 0 bridgehead atoms. The van der Waals surface area contributed by atoms with Gasteiger partial charge in [-0.15, -0.1) is 0 Å². The van der Waals surface area contributed by atoms with Crippen molar-refractivity contribution in [1.29, 1.82) is 5.26 Å². The summed E-state index contributed by atoms with van der Waals surface area (Å²) in [5.74, 6) is 0.901. The van der Waals surface area contributed by atoms with Crippen LogP contribution in [-0.2, 0) is 10.2 Å². The molecule has 0 heterocycles. The van der Waals surface area contributed by atoms with Crippen molar-refractivity contribution in [2.45, 2.75) is 5.41 Å². The molecule has 5 heteroatoms. The third-order valence-corrected chi connectivity index (χ3v) is 4.59. The van der Waals surface area contributed by atoms with Gasteiger partial charge < -0.3 is 14.8 Å². The van der Waals surface area contributed by atoms with E-state index in [0.717, 1.165) is 0 Å². The van der Waals surface area contributed by atoms with Gasteiger partial charge in [-0.3, -0.25) is 4.79 Å². The Kier molecular flexibility index (Phi) is 5.61. The maximum absolute atomic E-state index is 13.4. The highest BCUT2D eigenvalue weighted by Gasteiger charge is 2.42. The van der Waals surface area contributed by atoms with Crippen molar-refractivity contribution in [2.75, 3.05) is 19.5 Å². The maximum atomic E-state index is 13.4. The summed E-state index contributed by atoms with van der Waals surface area (Å²) < 4.78 is 10.3. The highest BCUT2D eigenvalue weighted by atomic mass is 16.5. The number of amides is 1. The summed E-state index contributed by atoms with van der Waals surface area (Å²) in [6.45, 7) is 0. The van der Waals surface area contributed by atoms with E-state index in [9.17, 15) is 10.1 Å². The number of rotatable bonds is 6. The molecule has 28 heavy (non-hydrogen) atoms. The minimum Gasteiger partial charge on any atom is -0.497 e. The Morgan fingerprint density at radius 2 is 1.32 bits per heavy atom. The first-order valence-corrected chi connectivity index (χ1v) is 8.71. The zero-order valence-electron chi connectivity index (χ0n) is 15.7. The number of benzene rings is 3. The van der Waals surface area contributed by atoms with Crippen LogP contribution in [0.4, 0.5) is 5.69 Å². The Labute approximate surface area is 164 Å². The molecule has 3 rings (SSSR count). The fraction of sp³-hybridized carbons (Fsp3) is 0.130. The van der Waals surface area contributed by atoms with Crippen molar-refractivity contribution < 1.29 is 14.3 Å². The van der Waals surface area contributed by atoms with Crippen LogP contribution in [0.15, 0.2) is 78.9 Å². The number of hydrogen-bond acceptors (Lipinski definition) is 4. The molecule has 3 aromatic carbocycles. The van der Waals surface area contributed by atoms with Gasteiger partial charge in [0.15, 0.2) is 5.41 Å². The Morgan fingerprint density at radius 1 is 0.821 bits per heavy atom. The number of methoxy groups -OCH3 is 2. The molecule has 5 nitrogen and oxygen atoms in total. The third kappa shape index (κ3) is 3.53. The van der Waals surface area contributed by atoms with E-state index in [1.807, 2.05) is 18.2 Å². The van der Waals surface area contributed by atoms with E-state index in [0.29, 0.717) is 28.3 Å². The second-order valence-electron chi connectivity index (χ2n) is 6.14. The van der Waals surface area contributed by atoms with Crippen molar-refractivity contribution in [1.82, 2.24) is 0 Å². The van der Waals surface area contributed by atoms with Gasteiger partial charge in [-0.05, 0) is 47.5 Å². The molecule has 1 unspecified atom stereocenters. The van der Waals surface area contributed by atoms with Gasteiger partial charge in [0.2, 0.25) is 0 Å². The van der Waals surface area contributed by atoms with Crippen LogP contribution >= 0.6 is 0 Å². The van der Waals surface area contributed by atoms with E-state index < -0.39 is 11.3 Å². The van der Waals surface area contributed by atoms with Crippen molar-refractivity contribution >= 4 is 11.6 Å². The van der Waals surface area contributed by atoms with Crippen molar-refractivity contribution in [3.8, 4) is 17.6 Å². The van der Waals surface area contributed by atoms with E-state index >= 15 is 0 Å². The zero-order valence-corrected chi connectivity index (χ0v) is 15.7. The van der Waals surface area contributed by atoms with Crippen LogP contribution in [-0.4, -0.2) is 20.1 Å². The van der Waals surface area contributed by atoms with Gasteiger partial charge in [0.1, 0.15) is 11.5 Å². The summed E-state index contributed by atoms with van der Waals surface area (Å²) >= 11 is 0. The second-order valence-corrected chi connectivity index (χ2v) is 6.14. The Balaban J connectivity index is 2.06. The summed E-state index contributed by atoms with van der Waals surface area (Å²) in [4.78, 5) is 13.4. The molecule has 3 aromatic rings. The van der Waals surface area contributed by atoms with E-state index in [1.165, 1.54) is 0 Å². The quantitative estimate of drug-likeness (QED) is 0.705. The fourth-order valence-electron chi connectivity index (χ4n) is 3.04. The first-order chi connectivity index (χ1) is 13.6. The lowest BCUT2D eigenvalue weighted by Crippen LogP contribution is -2.40. The highest BCUT2D eigenvalue weighted by molar-refractivity contribution is 6.04. The van der Waals surface area contributed by atoms with Gasteiger partial charge in [-0.1, -0.05) is 42.5 Å². The van der Waals surface area contributed by atoms with Crippen molar-refractivity contribution in [3.63, 3.8) is 0 Å². The zero-order chi connectivity index (χ0) is 20.0. The first kappa shape index (κ1) is 19.0. The van der Waals surface area contributed by atoms with Crippen molar-refractivity contribution in [2.24, 2.45) is 0 Å². The van der Waals surface area contributed by atoms with E-state index in [-0.39, 0.29) is 0 Å². The largest absolute Gasteiger partial charge is 0.497 e. The second kappa shape index (κ2) is 8.28. The highest BCUT2D eigenvalue weighted by Crippen LogP contribution is 2.34. The number of anilines is 1. The summed E-state index contributed by atoms with van der Waals surface area (Å²) in [5.41, 5.74) is 0.226. The number of nitrogens with one attached hydrogen (secondary N) is 1. The van der Waals surface area contributed by atoms with Crippen LogP contribution in [0.25, 0.3) is 0 Å².